The van der Waals surface area contributed by atoms with Crippen LogP contribution >= 0.6 is 0 Å². The Morgan fingerprint density at radius 1 is 1.44 bits per heavy atom. The molecule has 0 radical (unpaired) electrons. The highest BCUT2D eigenvalue weighted by atomic mass is 19.2. The fraction of sp³-hybridized carbons (Fsp3) is 0.538. The average molecular weight is 225 g/mol. The molecule has 0 bridgehead atoms. The SMILES string of the molecule is CCC1(C)C(N)CC1c1cccc(F)c1F. The first-order valence-electron chi connectivity index (χ1n) is 5.70. The Bertz CT molecular complexity index is 405. The highest BCUT2D eigenvalue weighted by Gasteiger charge is 2.49. The van der Waals surface area contributed by atoms with Gasteiger partial charge in [-0.25, -0.2) is 8.78 Å². The summed E-state index contributed by atoms with van der Waals surface area (Å²) < 4.78 is 26.8. The molecule has 1 nitrogen and oxygen atoms in total. The first kappa shape index (κ1) is 11.5. The predicted octanol–water partition coefficient (Wildman–Crippen LogP) is 3.20. The summed E-state index contributed by atoms with van der Waals surface area (Å²) in [6.45, 7) is 4.10. The molecule has 1 aliphatic carbocycles. The van der Waals surface area contributed by atoms with E-state index in [1.807, 2.05) is 6.92 Å². The number of hydrogen-bond donors (Lipinski definition) is 1. The molecule has 2 N–H and O–H groups in total. The molecule has 0 spiro atoms. The zero-order valence-corrected chi connectivity index (χ0v) is 9.63. The van der Waals surface area contributed by atoms with Crippen LogP contribution < -0.4 is 5.73 Å². The summed E-state index contributed by atoms with van der Waals surface area (Å²) in [7, 11) is 0. The van der Waals surface area contributed by atoms with Gasteiger partial charge in [0, 0.05) is 6.04 Å². The van der Waals surface area contributed by atoms with Crippen LogP contribution in [-0.2, 0) is 0 Å². The molecule has 2 rings (SSSR count). The van der Waals surface area contributed by atoms with Crippen LogP contribution in [0.25, 0.3) is 0 Å². The molecule has 0 aliphatic heterocycles. The topological polar surface area (TPSA) is 26.0 Å². The Labute approximate surface area is 94.7 Å². The summed E-state index contributed by atoms with van der Waals surface area (Å²) >= 11 is 0. The minimum Gasteiger partial charge on any atom is -0.327 e. The molecule has 1 aromatic rings. The van der Waals surface area contributed by atoms with E-state index in [2.05, 4.69) is 6.92 Å². The predicted molar refractivity (Wildman–Crippen MR) is 60.1 cm³/mol. The van der Waals surface area contributed by atoms with Crippen LogP contribution in [0.1, 0.15) is 38.2 Å². The lowest BCUT2D eigenvalue weighted by Crippen LogP contribution is -2.54. The zero-order valence-electron chi connectivity index (χ0n) is 9.63. The van der Waals surface area contributed by atoms with E-state index in [0.29, 0.717) is 5.56 Å². The van der Waals surface area contributed by atoms with Crippen LogP contribution in [0.15, 0.2) is 18.2 Å². The van der Waals surface area contributed by atoms with Crippen molar-refractivity contribution in [1.29, 1.82) is 0 Å². The molecule has 16 heavy (non-hydrogen) atoms. The molecule has 1 saturated carbocycles. The first-order valence-corrected chi connectivity index (χ1v) is 5.70. The van der Waals surface area contributed by atoms with Crippen molar-refractivity contribution in [2.24, 2.45) is 11.1 Å². The summed E-state index contributed by atoms with van der Waals surface area (Å²) in [6, 6.07) is 4.47. The van der Waals surface area contributed by atoms with Gasteiger partial charge in [-0.2, -0.15) is 0 Å². The van der Waals surface area contributed by atoms with E-state index in [9.17, 15) is 8.78 Å². The summed E-state index contributed by atoms with van der Waals surface area (Å²) in [5.74, 6) is -1.43. The Hall–Kier alpha value is -0.960. The second kappa shape index (κ2) is 3.81. The maximum Gasteiger partial charge on any atom is 0.162 e. The quantitative estimate of drug-likeness (QED) is 0.821. The lowest BCUT2D eigenvalue weighted by Gasteiger charge is -2.52. The van der Waals surface area contributed by atoms with Crippen LogP contribution in [0.5, 0.6) is 0 Å². The molecular weight excluding hydrogens is 208 g/mol. The van der Waals surface area contributed by atoms with E-state index in [0.717, 1.165) is 18.9 Å². The average Bonchev–Trinajstić information content (AvgIpc) is 2.29. The largest absolute Gasteiger partial charge is 0.327 e. The molecule has 0 amide bonds. The highest BCUT2D eigenvalue weighted by Crippen LogP contribution is 2.54. The van der Waals surface area contributed by atoms with E-state index in [-0.39, 0.29) is 17.4 Å². The Balaban J connectivity index is 2.36. The van der Waals surface area contributed by atoms with Gasteiger partial charge >= 0.3 is 0 Å². The standard InChI is InChI=1S/C13H17F2N/c1-3-13(2)9(7-11(13)16)8-5-4-6-10(14)12(8)15/h4-6,9,11H,3,7,16H2,1-2H3. The molecule has 1 aromatic carbocycles. The number of hydrogen-bond acceptors (Lipinski definition) is 1. The van der Waals surface area contributed by atoms with E-state index in [1.165, 1.54) is 0 Å². The van der Waals surface area contributed by atoms with Crippen molar-refractivity contribution in [2.75, 3.05) is 0 Å². The molecule has 3 unspecified atom stereocenters. The summed E-state index contributed by atoms with van der Waals surface area (Å²) in [5.41, 5.74) is 6.34. The van der Waals surface area contributed by atoms with Gasteiger partial charge in [0.25, 0.3) is 0 Å². The van der Waals surface area contributed by atoms with E-state index in [1.54, 1.807) is 12.1 Å². The molecule has 0 aromatic heterocycles. The Morgan fingerprint density at radius 3 is 2.69 bits per heavy atom. The third-order valence-electron chi connectivity index (χ3n) is 4.25. The summed E-state index contributed by atoms with van der Waals surface area (Å²) in [4.78, 5) is 0. The van der Waals surface area contributed by atoms with E-state index in [4.69, 9.17) is 5.73 Å². The van der Waals surface area contributed by atoms with E-state index >= 15 is 0 Å². The van der Waals surface area contributed by atoms with Gasteiger partial charge < -0.3 is 5.73 Å². The second-order valence-electron chi connectivity index (χ2n) is 4.90. The fourth-order valence-corrected chi connectivity index (χ4v) is 2.67. The normalized spacial score (nSPS) is 33.6. The van der Waals surface area contributed by atoms with E-state index < -0.39 is 11.6 Å². The number of nitrogens with two attached hydrogens (primary N) is 1. The fourth-order valence-electron chi connectivity index (χ4n) is 2.67. The van der Waals surface area contributed by atoms with Crippen LogP contribution in [0.3, 0.4) is 0 Å². The van der Waals surface area contributed by atoms with Gasteiger partial charge in [0.05, 0.1) is 0 Å². The maximum atomic E-state index is 13.7. The van der Waals surface area contributed by atoms with Crippen molar-refractivity contribution in [3.8, 4) is 0 Å². The van der Waals surface area contributed by atoms with Gasteiger partial charge in [-0.05, 0) is 35.8 Å². The van der Waals surface area contributed by atoms with Crippen molar-refractivity contribution in [3.63, 3.8) is 0 Å². The van der Waals surface area contributed by atoms with Gasteiger partial charge in [-0.3, -0.25) is 0 Å². The first-order chi connectivity index (χ1) is 7.50. The molecule has 3 heteroatoms. The molecule has 88 valence electrons. The van der Waals surface area contributed by atoms with Crippen molar-refractivity contribution >= 4 is 0 Å². The molecular formula is C13H17F2N. The lowest BCUT2D eigenvalue weighted by atomic mass is 9.54. The minimum atomic E-state index is -0.767. The Morgan fingerprint density at radius 2 is 2.12 bits per heavy atom. The second-order valence-corrected chi connectivity index (χ2v) is 4.90. The van der Waals surface area contributed by atoms with Crippen molar-refractivity contribution in [2.45, 2.75) is 38.6 Å². The van der Waals surface area contributed by atoms with Crippen LogP contribution in [0.2, 0.25) is 0 Å². The Kier molecular flexibility index (Phi) is 2.74. The number of rotatable bonds is 2. The monoisotopic (exact) mass is 225 g/mol. The van der Waals surface area contributed by atoms with Crippen molar-refractivity contribution in [1.82, 2.24) is 0 Å². The zero-order chi connectivity index (χ0) is 11.9. The highest BCUT2D eigenvalue weighted by molar-refractivity contribution is 5.29. The van der Waals surface area contributed by atoms with Gasteiger partial charge in [0.1, 0.15) is 0 Å². The molecule has 1 fully saturated rings. The molecule has 0 saturated heterocycles. The van der Waals surface area contributed by atoms with Crippen molar-refractivity contribution in [3.05, 3.63) is 35.4 Å². The molecule has 3 atom stereocenters. The van der Waals surface area contributed by atoms with Crippen LogP contribution in [0.4, 0.5) is 8.78 Å². The van der Waals surface area contributed by atoms with Gasteiger partial charge in [-0.1, -0.05) is 26.0 Å². The van der Waals surface area contributed by atoms with Gasteiger partial charge in [0.15, 0.2) is 11.6 Å². The maximum absolute atomic E-state index is 13.7. The molecule has 0 heterocycles. The number of halogens is 2. The van der Waals surface area contributed by atoms with Crippen molar-refractivity contribution < 1.29 is 8.78 Å². The smallest absolute Gasteiger partial charge is 0.162 e. The third-order valence-corrected chi connectivity index (χ3v) is 4.25. The van der Waals surface area contributed by atoms with Gasteiger partial charge in [0.2, 0.25) is 0 Å². The van der Waals surface area contributed by atoms with Crippen LogP contribution in [0, 0.1) is 17.0 Å². The summed E-state index contributed by atoms with van der Waals surface area (Å²) in [5, 5.41) is 0. The number of benzene rings is 1. The lowest BCUT2D eigenvalue weighted by molar-refractivity contribution is 0.0678. The minimum absolute atomic E-state index is 0.0446. The molecule has 1 aliphatic rings. The third kappa shape index (κ3) is 1.46. The van der Waals surface area contributed by atoms with Gasteiger partial charge in [-0.15, -0.1) is 0 Å². The van der Waals surface area contributed by atoms with Crippen LogP contribution in [-0.4, -0.2) is 6.04 Å². The summed E-state index contributed by atoms with van der Waals surface area (Å²) in [6.07, 6.45) is 1.62.